The number of thioether (sulfide) groups is 1. The van der Waals surface area contributed by atoms with Crippen molar-refractivity contribution in [2.75, 3.05) is 24.7 Å². The summed E-state index contributed by atoms with van der Waals surface area (Å²) in [7, 11) is -3.84. The number of alkyl halides is 2. The number of ether oxygens (including phenoxy) is 3. The molecule has 45 heavy (non-hydrogen) atoms. The Morgan fingerprint density at radius 2 is 1.80 bits per heavy atom. The lowest BCUT2D eigenvalue weighted by Gasteiger charge is -2.26. The smallest absolute Gasteiger partial charge is 0.387 e. The van der Waals surface area contributed by atoms with Crippen LogP contribution in [-0.4, -0.2) is 55.3 Å². The van der Waals surface area contributed by atoms with Crippen molar-refractivity contribution in [1.29, 1.82) is 0 Å². The number of hydrogen-bond acceptors (Lipinski definition) is 8. The average Bonchev–Trinajstić information content (AvgIpc) is 3.68. The zero-order valence-corrected chi connectivity index (χ0v) is 27.0. The highest BCUT2D eigenvalue weighted by Crippen LogP contribution is 2.39. The van der Waals surface area contributed by atoms with Crippen LogP contribution in [0.2, 0.25) is 10.0 Å². The van der Waals surface area contributed by atoms with E-state index in [1.165, 1.54) is 18.2 Å². The van der Waals surface area contributed by atoms with Gasteiger partial charge < -0.3 is 19.4 Å². The fourth-order valence-corrected chi connectivity index (χ4v) is 8.55. The van der Waals surface area contributed by atoms with Gasteiger partial charge in [0.05, 0.1) is 12.4 Å². The second-order valence-corrected chi connectivity index (χ2v) is 14.7. The number of pyridine rings is 1. The third-order valence-corrected chi connectivity index (χ3v) is 11.1. The maximum atomic E-state index is 13.7. The Kier molecular flexibility index (Phi) is 11.0. The molecule has 1 saturated carbocycles. The molecular weight excluding hydrogens is 673 g/mol. The van der Waals surface area contributed by atoms with E-state index >= 15 is 0 Å². The molecule has 5 rings (SSSR count). The zero-order valence-electron chi connectivity index (χ0n) is 23.8. The zero-order chi connectivity index (χ0) is 32.1. The predicted molar refractivity (Wildman–Crippen MR) is 166 cm³/mol. The van der Waals surface area contributed by atoms with E-state index in [1.807, 2.05) is 30.3 Å². The van der Waals surface area contributed by atoms with Crippen LogP contribution >= 0.6 is 35.0 Å². The summed E-state index contributed by atoms with van der Waals surface area (Å²) >= 11 is 13.8. The van der Waals surface area contributed by atoms with Gasteiger partial charge in [0.15, 0.2) is 29.3 Å². The highest BCUT2D eigenvalue weighted by Gasteiger charge is 2.41. The van der Waals surface area contributed by atoms with E-state index in [4.69, 9.17) is 32.7 Å². The Morgan fingerprint density at radius 3 is 2.47 bits per heavy atom. The molecule has 0 radical (unpaired) electrons. The number of carbonyl (C=O) groups is 1. The van der Waals surface area contributed by atoms with Gasteiger partial charge in [0.25, 0.3) is 0 Å². The van der Waals surface area contributed by atoms with Crippen LogP contribution in [-0.2, 0) is 32.4 Å². The monoisotopic (exact) mass is 702 g/mol. The fraction of sp³-hybridized carbons (Fsp3) is 0.400. The lowest BCUT2D eigenvalue weighted by atomic mass is 10.0. The van der Waals surface area contributed by atoms with Crippen LogP contribution in [0.25, 0.3) is 0 Å². The molecule has 2 atom stereocenters. The first kappa shape index (κ1) is 33.5. The maximum Gasteiger partial charge on any atom is 0.387 e. The summed E-state index contributed by atoms with van der Waals surface area (Å²) in [4.78, 5) is 13.7. The van der Waals surface area contributed by atoms with E-state index in [9.17, 15) is 27.2 Å². The van der Waals surface area contributed by atoms with Gasteiger partial charge in [-0.05, 0) is 48.4 Å². The van der Waals surface area contributed by atoms with E-state index in [2.05, 4.69) is 4.74 Å². The van der Waals surface area contributed by atoms with Crippen molar-refractivity contribution < 1.29 is 40.9 Å². The Bertz CT molecular complexity index is 1590. The molecule has 0 N–H and O–H groups in total. The van der Waals surface area contributed by atoms with Crippen LogP contribution in [0.3, 0.4) is 0 Å². The fourth-order valence-electron chi connectivity index (χ4n) is 4.79. The maximum absolute atomic E-state index is 13.7. The summed E-state index contributed by atoms with van der Waals surface area (Å²) in [6, 6.07) is 13.3. The van der Waals surface area contributed by atoms with E-state index in [0.29, 0.717) is 34.1 Å². The Morgan fingerprint density at radius 1 is 1.09 bits per heavy atom. The van der Waals surface area contributed by atoms with E-state index < -0.39 is 34.1 Å². The minimum absolute atomic E-state index is 0.0155. The number of aryl methyl sites for hydroxylation is 1. The highest BCUT2D eigenvalue weighted by molar-refractivity contribution is 8.02. The first-order valence-corrected chi connectivity index (χ1v) is 17.6. The highest BCUT2D eigenvalue weighted by atomic mass is 35.5. The van der Waals surface area contributed by atoms with Gasteiger partial charge in [0.1, 0.15) is 16.1 Å². The molecule has 9 nitrogen and oxygen atoms in total. The second kappa shape index (κ2) is 14.7. The molecule has 3 aromatic rings. The number of hydrogen-bond donors (Lipinski definition) is 0. The third-order valence-electron chi connectivity index (χ3n) is 7.33. The van der Waals surface area contributed by atoms with Gasteiger partial charge in [0, 0.05) is 24.3 Å². The van der Waals surface area contributed by atoms with Crippen molar-refractivity contribution in [1.82, 2.24) is 4.31 Å². The largest absolute Gasteiger partial charge is 0.619 e. The number of halogens is 4. The molecule has 1 aromatic heterocycles. The topological polar surface area (TPSA) is 109 Å². The van der Waals surface area contributed by atoms with Crippen molar-refractivity contribution in [3.8, 4) is 11.5 Å². The number of aromatic nitrogens is 1. The first-order chi connectivity index (χ1) is 21.5. The molecule has 1 aliphatic carbocycles. The van der Waals surface area contributed by atoms with Gasteiger partial charge >= 0.3 is 12.6 Å². The number of benzene rings is 2. The SMILES string of the molecule is O=C(OC(Cc1c(Cl)c[n+]([O-])cc1Cl)c1ccc(OC(F)F)c(OCC2CC2)c1)C1SCCN1S(=O)(=O)CCc1ccccc1. The van der Waals surface area contributed by atoms with Gasteiger partial charge in [-0.15, -0.1) is 11.8 Å². The average molecular weight is 704 g/mol. The van der Waals surface area contributed by atoms with Gasteiger partial charge in [-0.3, -0.25) is 0 Å². The van der Waals surface area contributed by atoms with Crippen LogP contribution in [0, 0.1) is 11.1 Å². The summed E-state index contributed by atoms with van der Waals surface area (Å²) < 4.78 is 71.0. The van der Waals surface area contributed by atoms with Crippen molar-refractivity contribution >= 4 is 51.0 Å². The molecule has 15 heteroatoms. The molecule has 2 aromatic carbocycles. The summed E-state index contributed by atoms with van der Waals surface area (Å²) in [6.07, 6.45) is 3.15. The van der Waals surface area contributed by atoms with Gasteiger partial charge in [0.2, 0.25) is 10.0 Å². The lowest BCUT2D eigenvalue weighted by molar-refractivity contribution is -0.605. The number of rotatable bonds is 14. The van der Waals surface area contributed by atoms with Crippen LogP contribution in [0.4, 0.5) is 8.78 Å². The van der Waals surface area contributed by atoms with E-state index in [1.54, 1.807) is 0 Å². The number of nitrogens with zero attached hydrogens (tertiary/aromatic N) is 2. The molecule has 0 amide bonds. The Balaban J connectivity index is 1.41. The van der Waals surface area contributed by atoms with Gasteiger partial charge in [-0.25, -0.2) is 13.2 Å². The molecule has 242 valence electrons. The summed E-state index contributed by atoms with van der Waals surface area (Å²) in [5.74, 6) is -0.484. The van der Waals surface area contributed by atoms with Gasteiger partial charge in [-0.1, -0.05) is 59.6 Å². The lowest BCUT2D eigenvalue weighted by Crippen LogP contribution is -2.42. The normalized spacial score (nSPS) is 17.8. The summed E-state index contributed by atoms with van der Waals surface area (Å²) in [5, 5.41) is 10.7. The molecule has 0 spiro atoms. The second-order valence-electron chi connectivity index (χ2n) is 10.6. The number of esters is 1. The molecule has 2 aliphatic rings. The van der Waals surface area contributed by atoms with E-state index in [0.717, 1.165) is 46.9 Å². The quantitative estimate of drug-likeness (QED) is 0.118. The summed E-state index contributed by atoms with van der Waals surface area (Å²) in [6.45, 7) is -2.67. The molecule has 1 saturated heterocycles. The molecule has 2 unspecified atom stereocenters. The van der Waals surface area contributed by atoms with Crippen LogP contribution in [0.15, 0.2) is 60.9 Å². The van der Waals surface area contributed by atoms with Crippen molar-refractivity contribution in [2.45, 2.75) is 43.8 Å². The molecular formula is C30H30Cl2F2N2O7S2. The number of carbonyl (C=O) groups excluding carboxylic acids is 1. The number of sulfonamides is 1. The first-order valence-electron chi connectivity index (χ1n) is 14.1. The molecule has 0 bridgehead atoms. The van der Waals surface area contributed by atoms with Gasteiger partial charge in [-0.2, -0.15) is 17.8 Å². The molecule has 2 heterocycles. The van der Waals surface area contributed by atoms with Crippen LogP contribution in [0.1, 0.15) is 35.6 Å². The van der Waals surface area contributed by atoms with E-state index in [-0.39, 0.29) is 46.7 Å². The standard InChI is InChI=1S/C30H30Cl2F2N2O7S2/c31-23-16-35(38)17-24(32)22(23)15-26(21-8-9-25(43-30(33)34)27(14-21)41-18-20-6-7-20)42-29(37)28-36(11-12-44-28)45(39,40)13-10-19-4-2-1-3-5-19/h1-5,8-9,14,16-17,20,26,28,30H,6-7,10-13,15,18H2. The molecule has 2 fully saturated rings. The minimum atomic E-state index is -3.84. The summed E-state index contributed by atoms with van der Waals surface area (Å²) in [5.41, 5.74) is 1.48. The Hall–Kier alpha value is -2.84. The van der Waals surface area contributed by atoms with Crippen LogP contribution < -0.4 is 14.2 Å². The predicted octanol–water partition coefficient (Wildman–Crippen LogP) is 5.79. The van der Waals surface area contributed by atoms with Crippen LogP contribution in [0.5, 0.6) is 11.5 Å². The minimum Gasteiger partial charge on any atom is -0.619 e. The van der Waals surface area contributed by atoms with Crippen molar-refractivity contribution in [2.24, 2.45) is 5.92 Å². The van der Waals surface area contributed by atoms with Crippen molar-refractivity contribution in [3.05, 3.63) is 92.9 Å². The van der Waals surface area contributed by atoms with Crippen molar-refractivity contribution in [3.63, 3.8) is 0 Å². The Labute approximate surface area is 274 Å². The third kappa shape index (κ3) is 8.91. The molecule has 1 aliphatic heterocycles.